The smallest absolute Gasteiger partial charge is 0.238 e. The zero-order chi connectivity index (χ0) is 11.0. The predicted octanol–water partition coefficient (Wildman–Crippen LogP) is 1.98. The maximum Gasteiger partial charge on any atom is 0.238 e. The molecule has 2 heterocycles. The highest BCUT2D eigenvalue weighted by Gasteiger charge is 2.33. The Morgan fingerprint density at radius 1 is 1.50 bits per heavy atom. The standard InChI is InChI=1S/C12H16N2OS/c15-11-7-13-12(10-4-6-16-8-10)14(11)5-3-9-1-2-9/h4,6,8-9,12-13H,1-3,5,7H2. The van der Waals surface area contributed by atoms with E-state index >= 15 is 0 Å². The van der Waals surface area contributed by atoms with Gasteiger partial charge >= 0.3 is 0 Å². The second-order valence-electron chi connectivity index (χ2n) is 4.66. The van der Waals surface area contributed by atoms with Crippen molar-refractivity contribution in [3.63, 3.8) is 0 Å². The highest BCUT2D eigenvalue weighted by atomic mass is 32.1. The van der Waals surface area contributed by atoms with Gasteiger partial charge in [0.25, 0.3) is 0 Å². The summed E-state index contributed by atoms with van der Waals surface area (Å²) in [6.45, 7) is 1.40. The fourth-order valence-corrected chi connectivity index (χ4v) is 2.93. The molecule has 3 nitrogen and oxygen atoms in total. The summed E-state index contributed by atoms with van der Waals surface area (Å²) in [5.74, 6) is 1.13. The lowest BCUT2D eigenvalue weighted by molar-refractivity contribution is -0.128. The molecular formula is C12H16N2OS. The van der Waals surface area contributed by atoms with Gasteiger partial charge < -0.3 is 4.90 Å². The van der Waals surface area contributed by atoms with E-state index in [2.05, 4.69) is 22.1 Å². The molecule has 1 unspecified atom stereocenters. The van der Waals surface area contributed by atoms with Gasteiger partial charge in [-0.05, 0) is 34.7 Å². The van der Waals surface area contributed by atoms with Gasteiger partial charge in [0.05, 0.1) is 6.54 Å². The normalized spacial score (nSPS) is 25.4. The lowest BCUT2D eigenvalue weighted by Crippen LogP contribution is -2.31. The first kappa shape index (κ1) is 10.3. The van der Waals surface area contributed by atoms with Crippen LogP contribution in [0.5, 0.6) is 0 Å². The SMILES string of the molecule is O=C1CNC(c2ccsc2)N1CCC1CC1. The Labute approximate surface area is 99.5 Å². The maximum absolute atomic E-state index is 11.8. The van der Waals surface area contributed by atoms with Crippen molar-refractivity contribution < 1.29 is 4.79 Å². The van der Waals surface area contributed by atoms with Crippen molar-refractivity contribution in [1.29, 1.82) is 0 Å². The van der Waals surface area contributed by atoms with Gasteiger partial charge in [-0.15, -0.1) is 0 Å². The maximum atomic E-state index is 11.8. The monoisotopic (exact) mass is 236 g/mol. The van der Waals surface area contributed by atoms with Crippen LogP contribution in [-0.2, 0) is 4.79 Å². The highest BCUT2D eigenvalue weighted by molar-refractivity contribution is 7.07. The molecule has 16 heavy (non-hydrogen) atoms. The number of amides is 1. The number of nitrogens with zero attached hydrogens (tertiary/aromatic N) is 1. The van der Waals surface area contributed by atoms with Crippen LogP contribution in [0, 0.1) is 5.92 Å². The fourth-order valence-electron chi connectivity index (χ4n) is 2.25. The number of carbonyl (C=O) groups excluding carboxylic acids is 1. The first-order valence-electron chi connectivity index (χ1n) is 5.89. The molecule has 1 N–H and O–H groups in total. The Bertz CT molecular complexity index is 372. The molecular weight excluding hydrogens is 220 g/mol. The van der Waals surface area contributed by atoms with E-state index in [0.717, 1.165) is 12.5 Å². The Balaban J connectivity index is 1.68. The molecule has 3 rings (SSSR count). The fraction of sp³-hybridized carbons (Fsp3) is 0.583. The van der Waals surface area contributed by atoms with Crippen molar-refractivity contribution >= 4 is 17.2 Å². The molecule has 1 saturated carbocycles. The minimum Gasteiger partial charge on any atom is -0.322 e. The Hall–Kier alpha value is -0.870. The summed E-state index contributed by atoms with van der Waals surface area (Å²) in [5, 5.41) is 7.48. The molecule has 1 aromatic rings. The third-order valence-corrected chi connectivity index (χ3v) is 4.11. The molecule has 0 radical (unpaired) electrons. The van der Waals surface area contributed by atoms with E-state index in [1.165, 1.54) is 24.8 Å². The van der Waals surface area contributed by atoms with Crippen LogP contribution in [0.25, 0.3) is 0 Å². The van der Waals surface area contributed by atoms with Crippen LogP contribution in [0.15, 0.2) is 16.8 Å². The quantitative estimate of drug-likeness (QED) is 0.867. The van der Waals surface area contributed by atoms with E-state index in [1.54, 1.807) is 11.3 Å². The number of rotatable bonds is 4. The van der Waals surface area contributed by atoms with Crippen molar-refractivity contribution in [1.82, 2.24) is 10.2 Å². The van der Waals surface area contributed by atoms with Crippen molar-refractivity contribution in [2.45, 2.75) is 25.4 Å². The summed E-state index contributed by atoms with van der Waals surface area (Å²) in [4.78, 5) is 13.8. The summed E-state index contributed by atoms with van der Waals surface area (Å²) in [7, 11) is 0. The minimum atomic E-state index is 0.123. The van der Waals surface area contributed by atoms with Crippen LogP contribution in [-0.4, -0.2) is 23.9 Å². The second-order valence-corrected chi connectivity index (χ2v) is 5.44. The summed E-state index contributed by atoms with van der Waals surface area (Å²) in [6, 6.07) is 2.10. The highest BCUT2D eigenvalue weighted by Crippen LogP contribution is 2.34. The molecule has 2 fully saturated rings. The molecule has 4 heteroatoms. The van der Waals surface area contributed by atoms with E-state index in [1.807, 2.05) is 4.90 Å². The number of hydrogen-bond acceptors (Lipinski definition) is 3. The zero-order valence-corrected chi connectivity index (χ0v) is 10.0. The third-order valence-electron chi connectivity index (χ3n) is 3.41. The summed E-state index contributed by atoms with van der Waals surface area (Å²) in [5.41, 5.74) is 1.23. The molecule has 86 valence electrons. The van der Waals surface area contributed by atoms with Gasteiger partial charge in [0.15, 0.2) is 0 Å². The molecule has 1 saturated heterocycles. The summed E-state index contributed by atoms with van der Waals surface area (Å²) < 4.78 is 0. The van der Waals surface area contributed by atoms with Gasteiger partial charge in [-0.2, -0.15) is 11.3 Å². The topological polar surface area (TPSA) is 32.3 Å². The molecule has 2 aliphatic rings. The number of carbonyl (C=O) groups is 1. The van der Waals surface area contributed by atoms with Crippen molar-refractivity contribution in [2.24, 2.45) is 5.92 Å². The second kappa shape index (κ2) is 4.18. The Morgan fingerprint density at radius 2 is 2.38 bits per heavy atom. The number of thiophene rings is 1. The van der Waals surface area contributed by atoms with Crippen molar-refractivity contribution in [2.75, 3.05) is 13.1 Å². The average Bonchev–Trinajstić information content (AvgIpc) is 2.82. The number of nitrogens with one attached hydrogen (secondary N) is 1. The molecule has 1 aliphatic heterocycles. The minimum absolute atomic E-state index is 0.123. The van der Waals surface area contributed by atoms with Crippen LogP contribution in [0.3, 0.4) is 0 Å². The first-order chi connectivity index (χ1) is 7.84. The molecule has 0 bridgehead atoms. The van der Waals surface area contributed by atoms with Gasteiger partial charge in [-0.1, -0.05) is 12.8 Å². The lowest BCUT2D eigenvalue weighted by atomic mass is 10.2. The van der Waals surface area contributed by atoms with Gasteiger partial charge in [0.1, 0.15) is 6.17 Å². The first-order valence-corrected chi connectivity index (χ1v) is 6.84. The number of hydrogen-bond donors (Lipinski definition) is 1. The van der Waals surface area contributed by atoms with Crippen LogP contribution in [0.2, 0.25) is 0 Å². The third kappa shape index (κ3) is 1.99. The molecule has 1 atom stereocenters. The van der Waals surface area contributed by atoms with E-state index in [4.69, 9.17) is 0 Å². The van der Waals surface area contributed by atoms with E-state index in [0.29, 0.717) is 6.54 Å². The van der Waals surface area contributed by atoms with Crippen molar-refractivity contribution in [3.05, 3.63) is 22.4 Å². The molecule has 0 spiro atoms. The molecule has 1 amide bonds. The van der Waals surface area contributed by atoms with Crippen LogP contribution in [0.1, 0.15) is 31.0 Å². The Morgan fingerprint density at radius 3 is 3.06 bits per heavy atom. The predicted molar refractivity (Wildman–Crippen MR) is 64.1 cm³/mol. The van der Waals surface area contributed by atoms with Crippen LogP contribution in [0.4, 0.5) is 0 Å². The Kier molecular flexibility index (Phi) is 2.69. The largest absolute Gasteiger partial charge is 0.322 e. The van der Waals surface area contributed by atoms with E-state index in [9.17, 15) is 4.79 Å². The van der Waals surface area contributed by atoms with E-state index < -0.39 is 0 Å². The van der Waals surface area contributed by atoms with Gasteiger partial charge in [0.2, 0.25) is 5.91 Å². The lowest BCUT2D eigenvalue weighted by Gasteiger charge is -2.23. The van der Waals surface area contributed by atoms with Gasteiger partial charge in [-0.3, -0.25) is 10.1 Å². The van der Waals surface area contributed by atoms with Gasteiger partial charge in [0, 0.05) is 6.54 Å². The summed E-state index contributed by atoms with van der Waals surface area (Å²) in [6.07, 6.45) is 4.02. The van der Waals surface area contributed by atoms with E-state index in [-0.39, 0.29) is 12.1 Å². The van der Waals surface area contributed by atoms with Crippen molar-refractivity contribution in [3.8, 4) is 0 Å². The van der Waals surface area contributed by atoms with Gasteiger partial charge in [-0.25, -0.2) is 0 Å². The average molecular weight is 236 g/mol. The molecule has 1 aromatic heterocycles. The van der Waals surface area contributed by atoms with Crippen LogP contribution < -0.4 is 5.32 Å². The molecule has 0 aromatic carbocycles. The van der Waals surface area contributed by atoms with Crippen LogP contribution >= 0.6 is 11.3 Å². The summed E-state index contributed by atoms with van der Waals surface area (Å²) >= 11 is 1.69. The zero-order valence-electron chi connectivity index (χ0n) is 9.19. The molecule has 1 aliphatic carbocycles.